The lowest BCUT2D eigenvalue weighted by Gasteiger charge is -2.27. The summed E-state index contributed by atoms with van der Waals surface area (Å²) in [5.41, 5.74) is -0.774. The molecule has 6 heteroatoms. The third kappa shape index (κ3) is 5.93. The van der Waals surface area contributed by atoms with E-state index >= 15 is 0 Å². The second-order valence-corrected chi connectivity index (χ2v) is 5.47. The van der Waals surface area contributed by atoms with Crippen molar-refractivity contribution in [3.05, 3.63) is 0 Å². The number of aliphatic carboxylic acids is 1. The maximum atomic E-state index is 12.2. The van der Waals surface area contributed by atoms with Crippen LogP contribution >= 0.6 is 0 Å². The van der Waals surface area contributed by atoms with Crippen molar-refractivity contribution in [1.29, 1.82) is 0 Å². The molecule has 0 bridgehead atoms. The summed E-state index contributed by atoms with van der Waals surface area (Å²) in [5.74, 6) is -1.70. The van der Waals surface area contributed by atoms with Crippen LogP contribution < -0.4 is 5.32 Å². The van der Waals surface area contributed by atoms with E-state index in [1.165, 1.54) is 0 Å². The number of carboxylic acids is 1. The van der Waals surface area contributed by atoms with Crippen LogP contribution in [0.25, 0.3) is 0 Å². The summed E-state index contributed by atoms with van der Waals surface area (Å²) >= 11 is 0. The van der Waals surface area contributed by atoms with Gasteiger partial charge in [-0.3, -0.25) is 4.79 Å². The quantitative estimate of drug-likeness (QED) is 0.742. The Kier molecular flexibility index (Phi) is 6.21. The van der Waals surface area contributed by atoms with E-state index in [4.69, 9.17) is 5.11 Å². The molecule has 0 heterocycles. The van der Waals surface area contributed by atoms with Crippen LogP contribution in [0, 0.1) is 11.3 Å². The highest BCUT2D eigenvalue weighted by molar-refractivity contribution is 5.86. The predicted octanol–water partition coefficient (Wildman–Crippen LogP) is 2.28. The average Bonchev–Trinajstić information content (AvgIpc) is 2.13. The van der Waals surface area contributed by atoms with Crippen molar-refractivity contribution in [3.63, 3.8) is 0 Å². The van der Waals surface area contributed by atoms with Crippen LogP contribution in [0.2, 0.25) is 0 Å². The molecule has 18 heavy (non-hydrogen) atoms. The van der Waals surface area contributed by atoms with Gasteiger partial charge in [-0.05, 0) is 12.3 Å². The third-order valence-electron chi connectivity index (χ3n) is 2.55. The van der Waals surface area contributed by atoms with Crippen molar-refractivity contribution in [2.45, 2.75) is 53.0 Å². The molecule has 1 atom stereocenters. The second kappa shape index (κ2) is 6.66. The van der Waals surface area contributed by atoms with Gasteiger partial charge >= 0.3 is 5.97 Å². The van der Waals surface area contributed by atoms with Crippen LogP contribution in [0.5, 0.6) is 0 Å². The largest absolute Gasteiger partial charge is 0.480 e. The van der Waals surface area contributed by atoms with Gasteiger partial charge in [0.05, 0.1) is 0 Å². The lowest BCUT2D eigenvalue weighted by atomic mass is 9.83. The number of amides is 1. The van der Waals surface area contributed by atoms with E-state index in [0.717, 1.165) is 0 Å². The van der Waals surface area contributed by atoms with Gasteiger partial charge in [-0.15, -0.1) is 0 Å². The molecule has 0 fully saturated rings. The van der Waals surface area contributed by atoms with Gasteiger partial charge in [-0.25, -0.2) is 13.6 Å². The molecule has 0 aromatic heterocycles. The molecular weight excluding hydrogens is 244 g/mol. The Morgan fingerprint density at radius 3 is 2.11 bits per heavy atom. The summed E-state index contributed by atoms with van der Waals surface area (Å²) in [6.45, 7) is 7.21. The molecule has 0 saturated heterocycles. The molecule has 0 spiro atoms. The third-order valence-corrected chi connectivity index (χ3v) is 2.55. The summed E-state index contributed by atoms with van der Waals surface area (Å²) in [6.07, 6.45) is -3.09. The highest BCUT2D eigenvalue weighted by Crippen LogP contribution is 2.25. The molecule has 0 aromatic rings. The molecule has 0 rings (SSSR count). The number of carboxylic acid groups (broad SMARTS) is 1. The summed E-state index contributed by atoms with van der Waals surface area (Å²) in [6, 6.07) is -1.54. The molecule has 2 N–H and O–H groups in total. The van der Waals surface area contributed by atoms with Crippen LogP contribution in [0.15, 0.2) is 0 Å². The van der Waals surface area contributed by atoms with E-state index in [-0.39, 0.29) is 5.92 Å². The Hall–Kier alpha value is -1.20. The first-order valence-corrected chi connectivity index (χ1v) is 5.88. The van der Waals surface area contributed by atoms with Gasteiger partial charge in [0.1, 0.15) is 6.04 Å². The first-order valence-electron chi connectivity index (χ1n) is 5.88. The maximum Gasteiger partial charge on any atom is 0.326 e. The van der Waals surface area contributed by atoms with Gasteiger partial charge in [0.15, 0.2) is 0 Å². The van der Waals surface area contributed by atoms with Gasteiger partial charge in [-0.1, -0.05) is 27.7 Å². The Bertz CT molecular complexity index is 304. The minimum Gasteiger partial charge on any atom is -0.480 e. The number of alkyl halides is 2. The normalized spacial score (nSPS) is 13.8. The van der Waals surface area contributed by atoms with Crippen LogP contribution in [0.4, 0.5) is 8.78 Å². The molecule has 0 aromatic carbocycles. The number of hydrogen-bond donors (Lipinski definition) is 2. The number of halogens is 2. The Morgan fingerprint density at radius 2 is 1.78 bits per heavy atom. The number of hydrogen-bond acceptors (Lipinski definition) is 2. The Labute approximate surface area is 106 Å². The van der Waals surface area contributed by atoms with Crippen molar-refractivity contribution < 1.29 is 23.5 Å². The summed E-state index contributed by atoms with van der Waals surface area (Å²) in [7, 11) is 0. The van der Waals surface area contributed by atoms with Crippen LogP contribution in [0.1, 0.15) is 40.5 Å². The van der Waals surface area contributed by atoms with Crippen LogP contribution in [0.3, 0.4) is 0 Å². The highest BCUT2D eigenvalue weighted by atomic mass is 19.3. The summed E-state index contributed by atoms with van der Waals surface area (Å²) in [4.78, 5) is 22.6. The number of nitrogens with one attached hydrogen (secondary N) is 1. The standard InChI is InChI=1S/C12H21F2NO3/c1-7(2)6-12(3,4)11(18)15-8(10(16)17)5-9(13)14/h7-9H,5-6H2,1-4H3,(H,15,18)(H,16,17). The Morgan fingerprint density at radius 1 is 1.28 bits per heavy atom. The van der Waals surface area contributed by atoms with E-state index < -0.39 is 36.2 Å². The molecule has 4 nitrogen and oxygen atoms in total. The average molecular weight is 265 g/mol. The lowest BCUT2D eigenvalue weighted by molar-refractivity contribution is -0.144. The molecule has 1 unspecified atom stereocenters. The minimum atomic E-state index is -2.76. The van der Waals surface area contributed by atoms with Crippen molar-refractivity contribution in [2.24, 2.45) is 11.3 Å². The lowest BCUT2D eigenvalue weighted by Crippen LogP contribution is -2.47. The van der Waals surface area contributed by atoms with Gasteiger partial charge in [0.25, 0.3) is 0 Å². The van der Waals surface area contributed by atoms with E-state index in [2.05, 4.69) is 5.32 Å². The highest BCUT2D eigenvalue weighted by Gasteiger charge is 2.32. The summed E-state index contributed by atoms with van der Waals surface area (Å²) in [5, 5.41) is 10.9. The number of carbonyl (C=O) groups excluding carboxylic acids is 1. The first kappa shape index (κ1) is 16.8. The molecule has 0 aliphatic heterocycles. The van der Waals surface area contributed by atoms with Gasteiger partial charge in [0.2, 0.25) is 12.3 Å². The minimum absolute atomic E-state index is 0.254. The van der Waals surface area contributed by atoms with Gasteiger partial charge in [0, 0.05) is 11.8 Å². The van der Waals surface area contributed by atoms with Crippen molar-refractivity contribution in [2.75, 3.05) is 0 Å². The van der Waals surface area contributed by atoms with Crippen molar-refractivity contribution in [1.82, 2.24) is 5.32 Å². The van der Waals surface area contributed by atoms with E-state index in [9.17, 15) is 18.4 Å². The second-order valence-electron chi connectivity index (χ2n) is 5.47. The summed E-state index contributed by atoms with van der Waals surface area (Å²) < 4.78 is 24.4. The first-order chi connectivity index (χ1) is 8.06. The predicted molar refractivity (Wildman–Crippen MR) is 63.4 cm³/mol. The molecule has 0 aliphatic carbocycles. The SMILES string of the molecule is CC(C)CC(C)(C)C(=O)NC(CC(F)F)C(=O)O. The van der Waals surface area contributed by atoms with Crippen molar-refractivity contribution >= 4 is 11.9 Å². The van der Waals surface area contributed by atoms with Gasteiger partial charge in [-0.2, -0.15) is 0 Å². The van der Waals surface area contributed by atoms with E-state index in [1.54, 1.807) is 13.8 Å². The molecule has 0 radical (unpaired) electrons. The maximum absolute atomic E-state index is 12.2. The van der Waals surface area contributed by atoms with Gasteiger partial charge < -0.3 is 10.4 Å². The topological polar surface area (TPSA) is 66.4 Å². The molecule has 106 valence electrons. The van der Waals surface area contributed by atoms with E-state index in [1.807, 2.05) is 13.8 Å². The zero-order chi connectivity index (χ0) is 14.5. The van der Waals surface area contributed by atoms with Crippen LogP contribution in [-0.4, -0.2) is 29.5 Å². The van der Waals surface area contributed by atoms with Crippen molar-refractivity contribution in [3.8, 4) is 0 Å². The number of carbonyl (C=O) groups is 2. The molecule has 0 aliphatic rings. The fourth-order valence-electron chi connectivity index (χ4n) is 1.87. The smallest absolute Gasteiger partial charge is 0.326 e. The van der Waals surface area contributed by atoms with E-state index in [0.29, 0.717) is 6.42 Å². The number of rotatable bonds is 7. The molecule has 0 saturated carbocycles. The fourth-order valence-corrected chi connectivity index (χ4v) is 1.87. The zero-order valence-corrected chi connectivity index (χ0v) is 11.2. The monoisotopic (exact) mass is 265 g/mol. The molecular formula is C12H21F2NO3. The fraction of sp³-hybridized carbons (Fsp3) is 0.833. The molecule has 1 amide bonds. The zero-order valence-electron chi connectivity index (χ0n) is 11.2. The Balaban J connectivity index is 4.63. The van der Waals surface area contributed by atoms with Crippen LogP contribution in [-0.2, 0) is 9.59 Å².